The van der Waals surface area contributed by atoms with Gasteiger partial charge >= 0.3 is 0 Å². The Bertz CT molecular complexity index is 630. The normalized spacial score (nSPS) is 12.4. The van der Waals surface area contributed by atoms with Crippen LogP contribution in [-0.4, -0.2) is 11.1 Å². The van der Waals surface area contributed by atoms with E-state index < -0.39 is 0 Å². The van der Waals surface area contributed by atoms with Crippen molar-refractivity contribution in [2.45, 2.75) is 40.3 Å². The van der Waals surface area contributed by atoms with Crippen LogP contribution in [-0.2, 0) is 6.54 Å². The monoisotopic (exact) mass is 284 g/mol. The fourth-order valence-corrected chi connectivity index (χ4v) is 3.02. The smallest absolute Gasteiger partial charge is 0.181 e. The molecule has 1 aromatic carbocycles. The minimum absolute atomic E-state index is 0.0500. The lowest BCUT2D eigenvalue weighted by Gasteiger charge is -2.24. The third kappa shape index (κ3) is 3.82. The lowest BCUT2D eigenvalue weighted by Crippen LogP contribution is -2.27. The topological polar surface area (TPSA) is 34.0 Å². The molecule has 2 aromatic rings. The van der Waals surface area contributed by atoms with Crippen LogP contribution >= 0.6 is 0 Å². The van der Waals surface area contributed by atoms with Gasteiger partial charge in [0.15, 0.2) is 5.43 Å². The maximum Gasteiger partial charge on any atom is 0.181 e. The van der Waals surface area contributed by atoms with Crippen molar-refractivity contribution in [3.05, 3.63) is 69.1 Å². The SMILES string of the molecule is CCNC(Cn1ccc(=O)cc1)c1c(C)cc(C)cc1C. The fraction of sp³-hybridized carbons (Fsp3) is 0.389. The molecule has 0 spiro atoms. The molecule has 21 heavy (non-hydrogen) atoms. The predicted octanol–water partition coefficient (Wildman–Crippen LogP) is 3.12. The van der Waals surface area contributed by atoms with Crippen LogP contribution in [0, 0.1) is 20.8 Å². The summed E-state index contributed by atoms with van der Waals surface area (Å²) in [5.41, 5.74) is 5.35. The molecule has 1 atom stereocenters. The molecule has 3 heteroatoms. The Balaban J connectivity index is 2.35. The molecule has 112 valence electrons. The molecule has 0 bridgehead atoms. The van der Waals surface area contributed by atoms with E-state index in [1.807, 2.05) is 12.4 Å². The van der Waals surface area contributed by atoms with Gasteiger partial charge in [0.05, 0.1) is 6.04 Å². The Morgan fingerprint density at radius 1 is 1.10 bits per heavy atom. The van der Waals surface area contributed by atoms with E-state index in [1.54, 1.807) is 12.1 Å². The Kier molecular flexibility index (Phi) is 4.97. The van der Waals surface area contributed by atoms with Crippen LogP contribution in [0.3, 0.4) is 0 Å². The van der Waals surface area contributed by atoms with Crippen molar-refractivity contribution in [1.82, 2.24) is 9.88 Å². The second kappa shape index (κ2) is 6.72. The van der Waals surface area contributed by atoms with Gasteiger partial charge in [-0.05, 0) is 44.0 Å². The Labute approximate surface area is 126 Å². The molecule has 0 radical (unpaired) electrons. The van der Waals surface area contributed by atoms with Gasteiger partial charge in [-0.15, -0.1) is 0 Å². The molecule has 1 aromatic heterocycles. The molecule has 1 heterocycles. The largest absolute Gasteiger partial charge is 0.352 e. The van der Waals surface area contributed by atoms with Gasteiger partial charge in [-0.3, -0.25) is 4.79 Å². The highest BCUT2D eigenvalue weighted by atomic mass is 16.1. The van der Waals surface area contributed by atoms with Crippen LogP contribution in [0.25, 0.3) is 0 Å². The van der Waals surface area contributed by atoms with Gasteiger partial charge in [-0.2, -0.15) is 0 Å². The second-order valence-corrected chi connectivity index (χ2v) is 5.65. The first kappa shape index (κ1) is 15.5. The summed E-state index contributed by atoms with van der Waals surface area (Å²) in [4.78, 5) is 11.2. The average molecular weight is 284 g/mol. The Morgan fingerprint density at radius 2 is 1.67 bits per heavy atom. The number of aryl methyl sites for hydroxylation is 3. The highest BCUT2D eigenvalue weighted by Crippen LogP contribution is 2.24. The van der Waals surface area contributed by atoms with Crippen LogP contribution < -0.4 is 10.7 Å². The van der Waals surface area contributed by atoms with Gasteiger partial charge in [0.1, 0.15) is 0 Å². The maximum absolute atomic E-state index is 11.2. The molecular formula is C18H24N2O. The van der Waals surface area contributed by atoms with E-state index in [0.29, 0.717) is 0 Å². The minimum atomic E-state index is 0.0500. The van der Waals surface area contributed by atoms with Gasteiger partial charge in [-0.1, -0.05) is 24.6 Å². The number of nitrogens with zero attached hydrogens (tertiary/aromatic N) is 1. The molecule has 0 saturated heterocycles. The molecule has 0 aliphatic heterocycles. The van der Waals surface area contributed by atoms with Gasteiger partial charge in [0.2, 0.25) is 0 Å². The summed E-state index contributed by atoms with van der Waals surface area (Å²) in [5, 5.41) is 3.56. The first-order valence-electron chi connectivity index (χ1n) is 7.48. The van der Waals surface area contributed by atoms with Crippen molar-refractivity contribution in [3.8, 4) is 0 Å². The predicted molar refractivity (Wildman–Crippen MR) is 87.8 cm³/mol. The van der Waals surface area contributed by atoms with Gasteiger partial charge in [-0.25, -0.2) is 0 Å². The molecule has 1 N–H and O–H groups in total. The number of nitrogens with one attached hydrogen (secondary N) is 1. The van der Waals surface area contributed by atoms with Crippen molar-refractivity contribution in [2.24, 2.45) is 0 Å². The highest BCUT2D eigenvalue weighted by Gasteiger charge is 2.16. The molecule has 1 unspecified atom stereocenters. The van der Waals surface area contributed by atoms with Crippen molar-refractivity contribution in [2.75, 3.05) is 6.54 Å². The van der Waals surface area contributed by atoms with E-state index in [9.17, 15) is 4.79 Å². The first-order valence-corrected chi connectivity index (χ1v) is 7.48. The lowest BCUT2D eigenvalue weighted by atomic mass is 9.94. The number of likely N-dealkylation sites (N-methyl/N-ethyl adjacent to an activating group) is 1. The summed E-state index contributed by atoms with van der Waals surface area (Å²) in [6.45, 7) is 10.3. The molecule has 3 nitrogen and oxygen atoms in total. The Morgan fingerprint density at radius 3 is 2.19 bits per heavy atom. The van der Waals surface area contributed by atoms with E-state index in [2.05, 4.69) is 49.7 Å². The quantitative estimate of drug-likeness (QED) is 0.915. The van der Waals surface area contributed by atoms with Crippen molar-refractivity contribution in [3.63, 3.8) is 0 Å². The standard InChI is InChI=1S/C18H24N2O/c1-5-19-17(12-20-8-6-16(21)7-9-20)18-14(3)10-13(2)11-15(18)4/h6-11,17,19H,5,12H2,1-4H3. The van der Waals surface area contributed by atoms with E-state index in [1.165, 1.54) is 22.3 Å². The van der Waals surface area contributed by atoms with E-state index in [4.69, 9.17) is 0 Å². The fourth-order valence-electron chi connectivity index (χ4n) is 3.02. The summed E-state index contributed by atoms with van der Waals surface area (Å²) < 4.78 is 2.06. The zero-order valence-corrected chi connectivity index (χ0v) is 13.3. The third-order valence-corrected chi connectivity index (χ3v) is 3.79. The summed E-state index contributed by atoms with van der Waals surface area (Å²) in [6.07, 6.45) is 3.71. The molecule has 0 fully saturated rings. The van der Waals surface area contributed by atoms with Crippen molar-refractivity contribution >= 4 is 0 Å². The van der Waals surface area contributed by atoms with Crippen molar-refractivity contribution < 1.29 is 0 Å². The van der Waals surface area contributed by atoms with Crippen LogP contribution in [0.15, 0.2) is 41.5 Å². The zero-order chi connectivity index (χ0) is 15.4. The number of hydrogen-bond acceptors (Lipinski definition) is 2. The van der Waals surface area contributed by atoms with E-state index >= 15 is 0 Å². The second-order valence-electron chi connectivity index (χ2n) is 5.65. The zero-order valence-electron chi connectivity index (χ0n) is 13.3. The van der Waals surface area contributed by atoms with Gasteiger partial charge in [0.25, 0.3) is 0 Å². The number of rotatable bonds is 5. The average Bonchev–Trinajstić information content (AvgIpc) is 2.40. The number of aromatic nitrogens is 1. The van der Waals surface area contributed by atoms with Crippen LogP contribution in [0.2, 0.25) is 0 Å². The van der Waals surface area contributed by atoms with Crippen molar-refractivity contribution in [1.29, 1.82) is 0 Å². The Hall–Kier alpha value is -1.87. The summed E-state index contributed by atoms with van der Waals surface area (Å²) in [5.74, 6) is 0. The van der Waals surface area contributed by atoms with E-state index in [-0.39, 0.29) is 11.5 Å². The number of hydrogen-bond donors (Lipinski definition) is 1. The van der Waals surface area contributed by atoms with Crippen LogP contribution in [0.1, 0.15) is 35.2 Å². The molecule has 0 saturated carbocycles. The molecule has 0 aliphatic carbocycles. The maximum atomic E-state index is 11.2. The first-order chi connectivity index (χ1) is 10.0. The van der Waals surface area contributed by atoms with Crippen LogP contribution in [0.4, 0.5) is 0 Å². The number of pyridine rings is 1. The number of benzene rings is 1. The lowest BCUT2D eigenvalue weighted by molar-refractivity contribution is 0.470. The van der Waals surface area contributed by atoms with Gasteiger partial charge < -0.3 is 9.88 Å². The summed E-state index contributed by atoms with van der Waals surface area (Å²) in [6, 6.07) is 7.93. The highest BCUT2D eigenvalue weighted by molar-refractivity contribution is 5.39. The third-order valence-electron chi connectivity index (χ3n) is 3.79. The minimum Gasteiger partial charge on any atom is -0.352 e. The molecule has 0 amide bonds. The molecule has 2 rings (SSSR count). The van der Waals surface area contributed by atoms with Crippen LogP contribution in [0.5, 0.6) is 0 Å². The molecular weight excluding hydrogens is 260 g/mol. The van der Waals surface area contributed by atoms with Gasteiger partial charge in [0, 0.05) is 31.1 Å². The summed E-state index contributed by atoms with van der Waals surface area (Å²) >= 11 is 0. The molecule has 0 aliphatic rings. The van der Waals surface area contributed by atoms with E-state index in [0.717, 1.165) is 13.1 Å². The summed E-state index contributed by atoms with van der Waals surface area (Å²) in [7, 11) is 0.